The Kier molecular flexibility index (Phi) is 3.10. The average molecular weight is 251 g/mol. The second-order valence-electron chi connectivity index (χ2n) is 6.64. The van der Waals surface area contributed by atoms with Crippen LogP contribution < -0.4 is 0 Å². The van der Waals surface area contributed by atoms with Gasteiger partial charge in [-0.3, -0.25) is 4.79 Å². The zero-order valence-electron chi connectivity index (χ0n) is 11.4. The van der Waals surface area contributed by atoms with Gasteiger partial charge in [0, 0.05) is 5.41 Å². The van der Waals surface area contributed by atoms with Crippen molar-refractivity contribution in [3.63, 3.8) is 0 Å². The van der Waals surface area contributed by atoms with Gasteiger partial charge in [0.1, 0.15) is 0 Å². The van der Waals surface area contributed by atoms with Gasteiger partial charge in [0.25, 0.3) is 0 Å². The van der Waals surface area contributed by atoms with Gasteiger partial charge < -0.3 is 4.74 Å². The molecule has 2 rings (SSSR count). The number of esters is 1. The van der Waals surface area contributed by atoms with Gasteiger partial charge >= 0.3 is 5.97 Å². The summed E-state index contributed by atoms with van der Waals surface area (Å²) in [6.45, 7) is 4.98. The van der Waals surface area contributed by atoms with Crippen LogP contribution in [0.4, 0.5) is 0 Å². The first-order valence-corrected chi connectivity index (χ1v) is 6.49. The minimum Gasteiger partial charge on any atom is -0.469 e. The van der Waals surface area contributed by atoms with Crippen molar-refractivity contribution in [2.75, 3.05) is 13.7 Å². The first-order valence-electron chi connectivity index (χ1n) is 6.49. The molecule has 0 saturated heterocycles. The van der Waals surface area contributed by atoms with Crippen molar-refractivity contribution in [3.05, 3.63) is 0 Å². The largest absolute Gasteiger partial charge is 0.469 e. The zero-order valence-corrected chi connectivity index (χ0v) is 11.4. The van der Waals surface area contributed by atoms with Crippen LogP contribution in [-0.2, 0) is 14.3 Å². The maximum Gasteiger partial charge on any atom is 0.306 e. The molecule has 2 aliphatic carbocycles. The highest BCUT2D eigenvalue weighted by Crippen LogP contribution is 2.71. The van der Waals surface area contributed by atoms with Gasteiger partial charge in [0.2, 0.25) is 6.08 Å². The molecule has 2 saturated carbocycles. The first-order chi connectivity index (χ1) is 8.39. The standard InChI is InChI=1S/C14H21NO3/c1-12-4-5-13(12,2)8-14(7-12,9-15-10-16)6-11(17)18-3/h4-9H2,1-3H3/t12-,13+,14?. The molecular weight excluding hydrogens is 230 g/mol. The molecule has 4 nitrogen and oxygen atoms in total. The molecule has 100 valence electrons. The Bertz CT molecular complexity index is 395. The highest BCUT2D eigenvalue weighted by atomic mass is 16.5. The van der Waals surface area contributed by atoms with Crippen molar-refractivity contribution in [1.82, 2.24) is 0 Å². The van der Waals surface area contributed by atoms with E-state index in [-0.39, 0.29) is 11.4 Å². The van der Waals surface area contributed by atoms with Gasteiger partial charge in [0.05, 0.1) is 20.1 Å². The molecule has 0 aromatic rings. The number of rotatable bonds is 4. The number of hydrogen-bond acceptors (Lipinski definition) is 4. The topological polar surface area (TPSA) is 55.7 Å². The van der Waals surface area contributed by atoms with E-state index in [0.717, 1.165) is 12.8 Å². The summed E-state index contributed by atoms with van der Waals surface area (Å²) in [5.41, 5.74) is 0.378. The van der Waals surface area contributed by atoms with Crippen LogP contribution in [0.1, 0.15) is 46.0 Å². The third-order valence-electron chi connectivity index (χ3n) is 5.44. The number of fused-ring (bicyclic) bond motifs is 1. The number of nitrogens with zero attached hydrogens (tertiary/aromatic N) is 1. The Balaban J connectivity index is 2.22. The molecule has 0 amide bonds. The molecule has 0 aromatic carbocycles. The van der Waals surface area contributed by atoms with Crippen LogP contribution >= 0.6 is 0 Å². The summed E-state index contributed by atoms with van der Waals surface area (Å²) in [5, 5.41) is 0. The van der Waals surface area contributed by atoms with E-state index >= 15 is 0 Å². The van der Waals surface area contributed by atoms with E-state index in [1.807, 2.05) is 0 Å². The third-order valence-corrected chi connectivity index (χ3v) is 5.44. The number of hydrogen-bond donors (Lipinski definition) is 0. The van der Waals surface area contributed by atoms with Gasteiger partial charge in [-0.15, -0.1) is 0 Å². The summed E-state index contributed by atoms with van der Waals surface area (Å²) >= 11 is 0. The lowest BCUT2D eigenvalue weighted by Crippen LogP contribution is -2.42. The lowest BCUT2D eigenvalue weighted by Gasteiger charge is -2.52. The van der Waals surface area contributed by atoms with E-state index in [1.165, 1.54) is 20.0 Å². The highest BCUT2D eigenvalue weighted by Gasteiger charge is 2.63. The van der Waals surface area contributed by atoms with Crippen molar-refractivity contribution in [2.45, 2.75) is 46.0 Å². The van der Waals surface area contributed by atoms with E-state index in [9.17, 15) is 9.59 Å². The summed E-state index contributed by atoms with van der Waals surface area (Å²) in [6.07, 6.45) is 6.29. The molecule has 0 aromatic heterocycles. The predicted octanol–water partition coefficient (Wildman–Crippen LogP) is 2.47. The number of ether oxygens (including phenoxy) is 1. The molecule has 1 unspecified atom stereocenters. The Morgan fingerprint density at radius 1 is 1.28 bits per heavy atom. The first kappa shape index (κ1) is 13.3. The van der Waals surface area contributed by atoms with Crippen LogP contribution in [0, 0.1) is 16.2 Å². The second kappa shape index (κ2) is 4.20. The Labute approximate surface area is 108 Å². The van der Waals surface area contributed by atoms with Crippen molar-refractivity contribution in [1.29, 1.82) is 0 Å². The molecule has 3 atom stereocenters. The van der Waals surface area contributed by atoms with Crippen LogP contribution in [-0.4, -0.2) is 25.7 Å². The monoisotopic (exact) mass is 251 g/mol. The minimum absolute atomic E-state index is 0.204. The van der Waals surface area contributed by atoms with E-state index < -0.39 is 0 Å². The van der Waals surface area contributed by atoms with Crippen LogP contribution in [0.5, 0.6) is 0 Å². The number of aliphatic imine (C=N–C) groups is 1. The minimum atomic E-state index is -0.204. The van der Waals surface area contributed by atoms with Crippen LogP contribution in [0.3, 0.4) is 0 Å². The second-order valence-corrected chi connectivity index (χ2v) is 6.64. The smallest absolute Gasteiger partial charge is 0.306 e. The fraction of sp³-hybridized carbons (Fsp3) is 0.857. The SMILES string of the molecule is COC(=O)CC1(CN=C=O)C[C@]2(C)CC[C@]2(C)C1. The number of methoxy groups -OCH3 is 1. The highest BCUT2D eigenvalue weighted by molar-refractivity contribution is 5.70. The maximum absolute atomic E-state index is 11.6. The van der Waals surface area contributed by atoms with Crippen LogP contribution in [0.25, 0.3) is 0 Å². The Morgan fingerprint density at radius 2 is 1.83 bits per heavy atom. The molecule has 0 bridgehead atoms. The van der Waals surface area contributed by atoms with E-state index in [0.29, 0.717) is 23.8 Å². The summed E-state index contributed by atoms with van der Waals surface area (Å²) in [7, 11) is 1.41. The summed E-state index contributed by atoms with van der Waals surface area (Å²) in [4.78, 5) is 25.8. The molecule has 2 fully saturated rings. The normalized spacial score (nSPS) is 41.5. The molecule has 0 N–H and O–H groups in total. The zero-order chi connectivity index (χ0) is 13.4. The molecule has 18 heavy (non-hydrogen) atoms. The van der Waals surface area contributed by atoms with Crippen molar-refractivity contribution < 1.29 is 14.3 Å². The van der Waals surface area contributed by atoms with Gasteiger partial charge in [-0.1, -0.05) is 13.8 Å². The van der Waals surface area contributed by atoms with Gasteiger partial charge in [-0.2, -0.15) is 0 Å². The van der Waals surface area contributed by atoms with Crippen molar-refractivity contribution in [3.8, 4) is 0 Å². The number of isocyanates is 1. The van der Waals surface area contributed by atoms with Gasteiger partial charge in [0.15, 0.2) is 0 Å². The summed E-state index contributed by atoms with van der Waals surface area (Å²) < 4.78 is 4.79. The van der Waals surface area contributed by atoms with Crippen LogP contribution in [0.2, 0.25) is 0 Å². The fourth-order valence-corrected chi connectivity index (χ4v) is 4.17. The molecule has 4 heteroatoms. The molecule has 0 aliphatic heterocycles. The van der Waals surface area contributed by atoms with E-state index in [2.05, 4.69) is 18.8 Å². The summed E-state index contributed by atoms with van der Waals surface area (Å²) in [6, 6.07) is 0. The molecule has 2 aliphatic rings. The van der Waals surface area contributed by atoms with Crippen LogP contribution in [0.15, 0.2) is 4.99 Å². The molecule has 0 spiro atoms. The quantitative estimate of drug-likeness (QED) is 0.438. The maximum atomic E-state index is 11.6. The lowest BCUT2D eigenvalue weighted by molar-refractivity contribution is -0.143. The van der Waals surface area contributed by atoms with E-state index in [1.54, 1.807) is 6.08 Å². The number of carbonyl (C=O) groups is 1. The number of carbonyl (C=O) groups excluding carboxylic acids is 2. The van der Waals surface area contributed by atoms with Crippen molar-refractivity contribution >= 4 is 12.0 Å². The molecule has 0 radical (unpaired) electrons. The lowest BCUT2D eigenvalue weighted by atomic mass is 9.53. The molecule has 0 heterocycles. The van der Waals surface area contributed by atoms with E-state index in [4.69, 9.17) is 4.74 Å². The fourth-order valence-electron chi connectivity index (χ4n) is 4.17. The molecular formula is C14H21NO3. The third kappa shape index (κ3) is 1.89. The summed E-state index contributed by atoms with van der Waals surface area (Å²) in [5.74, 6) is -0.204. The average Bonchev–Trinajstić information content (AvgIpc) is 2.47. The van der Waals surface area contributed by atoms with Crippen molar-refractivity contribution in [2.24, 2.45) is 21.2 Å². The Morgan fingerprint density at radius 3 is 2.22 bits per heavy atom. The Hall–Kier alpha value is -1.15. The van der Waals surface area contributed by atoms with Gasteiger partial charge in [-0.25, -0.2) is 9.79 Å². The predicted molar refractivity (Wildman–Crippen MR) is 66.7 cm³/mol. The van der Waals surface area contributed by atoms with Gasteiger partial charge in [-0.05, 0) is 36.5 Å².